The summed E-state index contributed by atoms with van der Waals surface area (Å²) >= 11 is 7.24. The number of ketones is 2. The molecule has 0 unspecified atom stereocenters. The number of Topliss-reactive ketones (excluding diaryl/α,β-unsaturated/α-hetero) is 1. The molecule has 156 valence electrons. The molecular weight excluding hydrogens is 396 g/mol. The SMILES string of the molecule is C=C1C[C@H]2[C@@H]3CCC4=CC(=O)C=C[C@]4(C)[C@@]3(Cl)[C@@H](O)C[C@]2(C)[C@@]1(O)C(=O)C(=O)O. The molecule has 0 aromatic rings. The zero-order valence-electron chi connectivity index (χ0n) is 16.4. The van der Waals surface area contributed by atoms with Gasteiger partial charge in [0.1, 0.15) is 0 Å². The number of allylic oxidation sites excluding steroid dienone is 4. The Morgan fingerprint density at radius 2 is 1.93 bits per heavy atom. The van der Waals surface area contributed by atoms with E-state index in [0.29, 0.717) is 12.8 Å². The van der Waals surface area contributed by atoms with Gasteiger partial charge < -0.3 is 15.3 Å². The van der Waals surface area contributed by atoms with Crippen molar-refractivity contribution >= 4 is 29.1 Å². The number of carboxylic acid groups (broad SMARTS) is 1. The van der Waals surface area contributed by atoms with Gasteiger partial charge in [-0.3, -0.25) is 9.59 Å². The fourth-order valence-electron chi connectivity index (χ4n) is 6.75. The molecule has 3 N–H and O–H groups in total. The van der Waals surface area contributed by atoms with Gasteiger partial charge in [0.05, 0.1) is 11.0 Å². The zero-order valence-corrected chi connectivity index (χ0v) is 17.2. The monoisotopic (exact) mass is 420 g/mol. The van der Waals surface area contributed by atoms with Gasteiger partial charge in [-0.2, -0.15) is 0 Å². The van der Waals surface area contributed by atoms with Crippen molar-refractivity contribution in [3.8, 4) is 0 Å². The Morgan fingerprint density at radius 3 is 2.55 bits per heavy atom. The second-order valence-corrected chi connectivity index (χ2v) is 10.0. The molecule has 4 aliphatic rings. The van der Waals surface area contributed by atoms with Crippen molar-refractivity contribution < 1.29 is 29.7 Å². The number of aliphatic hydroxyl groups excluding tert-OH is 1. The van der Waals surface area contributed by atoms with E-state index in [9.17, 15) is 29.7 Å². The van der Waals surface area contributed by atoms with Crippen LogP contribution in [0.5, 0.6) is 0 Å². The van der Waals surface area contributed by atoms with Crippen LogP contribution in [0.25, 0.3) is 0 Å². The summed E-state index contributed by atoms with van der Waals surface area (Å²) < 4.78 is 0. The second-order valence-electron chi connectivity index (χ2n) is 9.42. The molecule has 0 aliphatic heterocycles. The van der Waals surface area contributed by atoms with Gasteiger partial charge in [0, 0.05) is 10.8 Å². The number of halogens is 1. The number of alkyl halides is 1. The highest BCUT2D eigenvalue weighted by Gasteiger charge is 2.74. The first-order valence-electron chi connectivity index (χ1n) is 9.83. The van der Waals surface area contributed by atoms with Gasteiger partial charge in [0.25, 0.3) is 5.78 Å². The minimum atomic E-state index is -2.25. The summed E-state index contributed by atoms with van der Waals surface area (Å²) in [4.78, 5) is 34.7. The third kappa shape index (κ3) is 2.17. The molecule has 29 heavy (non-hydrogen) atoms. The number of fused-ring (bicyclic) bond motifs is 5. The van der Waals surface area contributed by atoms with E-state index >= 15 is 0 Å². The molecule has 0 amide bonds. The zero-order chi connectivity index (χ0) is 21.6. The van der Waals surface area contributed by atoms with Crippen molar-refractivity contribution in [2.24, 2.45) is 22.7 Å². The quantitative estimate of drug-likeness (QED) is 0.358. The van der Waals surface area contributed by atoms with E-state index in [-0.39, 0.29) is 36.0 Å². The van der Waals surface area contributed by atoms with Crippen LogP contribution in [0.4, 0.5) is 0 Å². The van der Waals surface area contributed by atoms with E-state index in [1.54, 1.807) is 19.1 Å². The number of rotatable bonds is 2. The fourth-order valence-corrected chi connectivity index (χ4v) is 7.27. The molecule has 3 fully saturated rings. The Labute approximate surface area is 173 Å². The van der Waals surface area contributed by atoms with Gasteiger partial charge in [-0.15, -0.1) is 11.6 Å². The largest absolute Gasteiger partial charge is 0.475 e. The maximum atomic E-state index is 12.5. The van der Waals surface area contributed by atoms with E-state index in [1.807, 2.05) is 6.92 Å². The minimum Gasteiger partial charge on any atom is -0.475 e. The van der Waals surface area contributed by atoms with Gasteiger partial charge >= 0.3 is 5.97 Å². The number of aliphatic hydroxyl groups is 2. The van der Waals surface area contributed by atoms with Crippen LogP contribution in [0.2, 0.25) is 0 Å². The maximum absolute atomic E-state index is 12.5. The molecule has 4 rings (SSSR count). The second kappa shape index (κ2) is 5.90. The third-order valence-electron chi connectivity index (χ3n) is 8.36. The van der Waals surface area contributed by atoms with Crippen LogP contribution >= 0.6 is 11.6 Å². The summed E-state index contributed by atoms with van der Waals surface area (Å²) in [5, 5.41) is 31.9. The van der Waals surface area contributed by atoms with E-state index in [4.69, 9.17) is 11.6 Å². The molecule has 0 spiro atoms. The van der Waals surface area contributed by atoms with Gasteiger partial charge in [-0.25, -0.2) is 4.79 Å². The summed E-state index contributed by atoms with van der Waals surface area (Å²) in [6.07, 6.45) is 5.06. The average Bonchev–Trinajstić information content (AvgIpc) is 2.84. The van der Waals surface area contributed by atoms with E-state index in [2.05, 4.69) is 6.58 Å². The predicted molar refractivity (Wildman–Crippen MR) is 105 cm³/mol. The highest BCUT2D eigenvalue weighted by atomic mass is 35.5. The molecule has 0 bridgehead atoms. The fraction of sp³-hybridized carbons (Fsp3) is 0.591. The molecule has 0 radical (unpaired) electrons. The summed E-state index contributed by atoms with van der Waals surface area (Å²) in [6.45, 7) is 7.41. The number of hydrogen-bond donors (Lipinski definition) is 3. The Kier molecular flexibility index (Phi) is 4.17. The summed E-state index contributed by atoms with van der Waals surface area (Å²) in [6, 6.07) is 0. The van der Waals surface area contributed by atoms with Crippen LogP contribution in [0.3, 0.4) is 0 Å². The van der Waals surface area contributed by atoms with Crippen LogP contribution in [-0.4, -0.2) is 49.4 Å². The topological polar surface area (TPSA) is 112 Å². The Balaban J connectivity index is 1.85. The maximum Gasteiger partial charge on any atom is 0.375 e. The number of hydrogen-bond acceptors (Lipinski definition) is 5. The third-order valence-corrected chi connectivity index (χ3v) is 9.28. The van der Waals surface area contributed by atoms with Gasteiger partial charge in [0.15, 0.2) is 11.4 Å². The smallest absolute Gasteiger partial charge is 0.375 e. The van der Waals surface area contributed by atoms with E-state index in [1.165, 1.54) is 6.08 Å². The van der Waals surface area contributed by atoms with E-state index in [0.717, 1.165) is 5.57 Å². The van der Waals surface area contributed by atoms with Crippen molar-refractivity contribution in [1.82, 2.24) is 0 Å². The number of carbonyl (C=O) groups excluding carboxylic acids is 2. The van der Waals surface area contributed by atoms with Crippen LogP contribution in [0.15, 0.2) is 36.0 Å². The number of carbonyl (C=O) groups is 3. The first-order chi connectivity index (χ1) is 13.3. The Hall–Kier alpha value is -1.76. The first-order valence-corrected chi connectivity index (χ1v) is 10.2. The highest BCUT2D eigenvalue weighted by molar-refractivity contribution is 6.37. The summed E-state index contributed by atoms with van der Waals surface area (Å²) in [7, 11) is 0. The lowest BCUT2D eigenvalue weighted by Gasteiger charge is -2.63. The van der Waals surface area contributed by atoms with Crippen molar-refractivity contribution in [3.05, 3.63) is 36.0 Å². The van der Waals surface area contributed by atoms with Gasteiger partial charge in [-0.05, 0) is 55.2 Å². The van der Waals surface area contributed by atoms with E-state index < -0.39 is 39.2 Å². The molecule has 4 aliphatic carbocycles. The lowest BCUT2D eigenvalue weighted by molar-refractivity contribution is -0.175. The molecule has 0 saturated heterocycles. The molecule has 3 saturated carbocycles. The van der Waals surface area contributed by atoms with Crippen LogP contribution in [0.1, 0.15) is 39.5 Å². The molecule has 6 nitrogen and oxygen atoms in total. The van der Waals surface area contributed by atoms with Crippen molar-refractivity contribution in [3.63, 3.8) is 0 Å². The van der Waals surface area contributed by atoms with Gasteiger partial charge in [-0.1, -0.05) is 32.1 Å². The minimum absolute atomic E-state index is 0.0448. The first kappa shape index (κ1) is 20.5. The normalized spacial score (nSPS) is 48.4. The number of carboxylic acids is 1. The lowest BCUT2D eigenvalue weighted by atomic mass is 9.45. The average molecular weight is 421 g/mol. The Morgan fingerprint density at radius 1 is 1.28 bits per heavy atom. The Bertz CT molecular complexity index is 920. The van der Waals surface area contributed by atoms with Gasteiger partial charge in [0.2, 0.25) is 0 Å². The molecule has 7 heteroatoms. The molecule has 7 atom stereocenters. The van der Waals surface area contributed by atoms with Crippen molar-refractivity contribution in [2.45, 2.75) is 56.1 Å². The van der Waals surface area contributed by atoms with Crippen LogP contribution in [-0.2, 0) is 14.4 Å². The molecule has 0 aromatic heterocycles. The summed E-state index contributed by atoms with van der Waals surface area (Å²) in [5.41, 5.74) is -3.18. The molecule has 0 heterocycles. The van der Waals surface area contributed by atoms with Crippen LogP contribution < -0.4 is 0 Å². The standard InChI is InChI=1S/C22H25ClO6/c1-11-8-15-14-5-4-12-9-13(24)6-7-19(12,2)21(14,23)16(25)10-20(15,3)22(11,29)17(26)18(27)28/h6-7,9,14-16,25,29H,1,4-5,8,10H2,2-3H3,(H,27,28)/t14-,15-,16-,19-,20-,21-,22-/m0/s1. The molecule has 0 aromatic carbocycles. The summed E-state index contributed by atoms with van der Waals surface area (Å²) in [5.74, 6) is -3.77. The highest BCUT2D eigenvalue weighted by Crippen LogP contribution is 2.71. The number of aliphatic carboxylic acids is 1. The van der Waals surface area contributed by atoms with Crippen molar-refractivity contribution in [1.29, 1.82) is 0 Å². The predicted octanol–water partition coefficient (Wildman–Crippen LogP) is 2.18. The lowest BCUT2D eigenvalue weighted by Crippen LogP contribution is -2.69. The van der Waals surface area contributed by atoms with Crippen molar-refractivity contribution in [2.75, 3.05) is 0 Å². The molecular formula is C22H25ClO6. The van der Waals surface area contributed by atoms with Crippen LogP contribution in [0, 0.1) is 22.7 Å².